The minimum absolute atomic E-state index is 0.136. The van der Waals surface area contributed by atoms with Gasteiger partial charge >= 0.3 is 0 Å². The molecule has 2 rings (SSSR count). The maximum absolute atomic E-state index is 12.9. The predicted molar refractivity (Wildman–Crippen MR) is 75.3 cm³/mol. The lowest BCUT2D eigenvalue weighted by Crippen LogP contribution is -2.44. The molecule has 0 saturated carbocycles. The summed E-state index contributed by atoms with van der Waals surface area (Å²) in [7, 11) is 0. The molecule has 1 aromatic carbocycles. The molecule has 0 aromatic heterocycles. The van der Waals surface area contributed by atoms with Gasteiger partial charge in [0.25, 0.3) is 0 Å². The summed E-state index contributed by atoms with van der Waals surface area (Å²) in [6.07, 6.45) is 3.66. The monoisotopic (exact) mass is 298 g/mol. The van der Waals surface area contributed by atoms with Crippen LogP contribution in [0.1, 0.15) is 19.3 Å². The maximum atomic E-state index is 12.9. The first kappa shape index (κ1) is 14.9. The topological polar surface area (TPSA) is 49.4 Å². The summed E-state index contributed by atoms with van der Waals surface area (Å²) in [5, 5.41) is 2.79. The van der Waals surface area contributed by atoms with Crippen LogP contribution in [0.15, 0.2) is 18.2 Å². The molecule has 1 N–H and O–H groups in total. The number of carbonyl (C=O) groups is 2. The minimum Gasteiger partial charge on any atom is -0.324 e. The average Bonchev–Trinajstić information content (AvgIpc) is 2.42. The van der Waals surface area contributed by atoms with Gasteiger partial charge in [-0.05, 0) is 37.6 Å². The number of likely N-dealkylation sites (tertiary alicyclic amines) is 1. The Kier molecular flexibility index (Phi) is 5.09. The van der Waals surface area contributed by atoms with E-state index in [1.807, 2.05) is 4.90 Å². The summed E-state index contributed by atoms with van der Waals surface area (Å²) in [6.45, 7) is 0.866. The summed E-state index contributed by atoms with van der Waals surface area (Å²) >= 11 is 5.85. The molecule has 1 aliphatic heterocycles. The second-order valence-corrected chi connectivity index (χ2v) is 5.25. The third-order valence-electron chi connectivity index (χ3n) is 3.37. The van der Waals surface area contributed by atoms with Gasteiger partial charge in [0.2, 0.25) is 5.91 Å². The Balaban J connectivity index is 1.96. The molecule has 1 saturated heterocycles. The van der Waals surface area contributed by atoms with Gasteiger partial charge in [0.15, 0.2) is 0 Å². The van der Waals surface area contributed by atoms with E-state index < -0.39 is 5.82 Å². The third kappa shape index (κ3) is 3.77. The molecule has 1 unspecified atom stereocenters. The van der Waals surface area contributed by atoms with Crippen LogP contribution in [-0.2, 0) is 9.59 Å². The van der Waals surface area contributed by atoms with Gasteiger partial charge in [-0.15, -0.1) is 0 Å². The first-order valence-electron chi connectivity index (χ1n) is 6.54. The molecule has 0 radical (unpaired) electrons. The Morgan fingerprint density at radius 1 is 1.50 bits per heavy atom. The lowest BCUT2D eigenvalue weighted by molar-refractivity contribution is -0.120. The number of aldehydes is 1. The molecule has 1 aromatic rings. The summed E-state index contributed by atoms with van der Waals surface area (Å²) in [6, 6.07) is 3.60. The third-order valence-corrected chi connectivity index (χ3v) is 3.69. The molecule has 1 heterocycles. The van der Waals surface area contributed by atoms with Gasteiger partial charge in [-0.25, -0.2) is 4.39 Å². The fourth-order valence-electron chi connectivity index (χ4n) is 2.33. The molecule has 1 aliphatic rings. The predicted octanol–water partition coefficient (Wildman–Crippen LogP) is 2.47. The number of hydrogen-bond acceptors (Lipinski definition) is 3. The Labute approximate surface area is 121 Å². The molecule has 0 bridgehead atoms. The van der Waals surface area contributed by atoms with Crippen LogP contribution in [0.3, 0.4) is 0 Å². The Hall–Kier alpha value is -1.46. The van der Waals surface area contributed by atoms with Crippen LogP contribution in [0.2, 0.25) is 5.02 Å². The summed E-state index contributed by atoms with van der Waals surface area (Å²) in [4.78, 5) is 24.8. The van der Waals surface area contributed by atoms with Gasteiger partial charge in [-0.3, -0.25) is 9.69 Å². The minimum atomic E-state index is -0.454. The highest BCUT2D eigenvalue weighted by Gasteiger charge is 2.23. The molecular weight excluding hydrogens is 283 g/mol. The Morgan fingerprint density at radius 3 is 3.00 bits per heavy atom. The van der Waals surface area contributed by atoms with Crippen molar-refractivity contribution in [1.82, 2.24) is 4.90 Å². The molecule has 1 fully saturated rings. The van der Waals surface area contributed by atoms with E-state index in [1.165, 1.54) is 12.1 Å². The lowest BCUT2D eigenvalue weighted by atomic mass is 10.0. The molecule has 1 amide bonds. The van der Waals surface area contributed by atoms with Gasteiger partial charge in [0.05, 0.1) is 23.3 Å². The molecule has 6 heteroatoms. The van der Waals surface area contributed by atoms with E-state index in [9.17, 15) is 14.0 Å². The summed E-state index contributed by atoms with van der Waals surface area (Å²) in [5.74, 6) is -0.711. The van der Waals surface area contributed by atoms with Crippen LogP contribution in [0, 0.1) is 5.82 Å². The van der Waals surface area contributed by atoms with Gasteiger partial charge in [0.1, 0.15) is 12.1 Å². The van der Waals surface area contributed by atoms with E-state index in [1.54, 1.807) is 0 Å². The highest BCUT2D eigenvalue weighted by Crippen LogP contribution is 2.22. The number of nitrogens with zero attached hydrogens (tertiary/aromatic N) is 1. The molecule has 0 spiro atoms. The van der Waals surface area contributed by atoms with Gasteiger partial charge < -0.3 is 10.1 Å². The zero-order valence-electron chi connectivity index (χ0n) is 10.9. The van der Waals surface area contributed by atoms with Gasteiger partial charge in [-0.2, -0.15) is 0 Å². The van der Waals surface area contributed by atoms with Crippen molar-refractivity contribution in [2.24, 2.45) is 0 Å². The second-order valence-electron chi connectivity index (χ2n) is 4.84. The second kappa shape index (κ2) is 6.81. The first-order valence-corrected chi connectivity index (χ1v) is 6.92. The van der Waals surface area contributed by atoms with E-state index >= 15 is 0 Å². The molecule has 108 valence electrons. The van der Waals surface area contributed by atoms with Crippen molar-refractivity contribution >= 4 is 29.5 Å². The fraction of sp³-hybridized carbons (Fsp3) is 0.429. The van der Waals surface area contributed by atoms with Crippen molar-refractivity contribution in [2.75, 3.05) is 18.4 Å². The standard InChI is InChI=1S/C14H16ClFN2O2/c15-12-7-10(16)4-5-13(12)17-14(20)8-18-6-2-1-3-11(18)9-19/h4-5,7,9,11H,1-3,6,8H2,(H,17,20). The number of hydrogen-bond donors (Lipinski definition) is 1. The number of benzene rings is 1. The van der Waals surface area contributed by atoms with Crippen LogP contribution >= 0.6 is 11.6 Å². The average molecular weight is 299 g/mol. The van der Waals surface area contributed by atoms with E-state index in [4.69, 9.17) is 11.6 Å². The van der Waals surface area contributed by atoms with Crippen molar-refractivity contribution in [1.29, 1.82) is 0 Å². The highest BCUT2D eigenvalue weighted by atomic mass is 35.5. The summed E-state index contributed by atoms with van der Waals surface area (Å²) in [5.41, 5.74) is 0.373. The van der Waals surface area contributed by atoms with Crippen molar-refractivity contribution < 1.29 is 14.0 Å². The quantitative estimate of drug-likeness (QED) is 0.869. The van der Waals surface area contributed by atoms with E-state index in [-0.39, 0.29) is 23.5 Å². The van der Waals surface area contributed by atoms with Gasteiger partial charge in [0, 0.05) is 0 Å². The van der Waals surface area contributed by atoms with Crippen molar-refractivity contribution in [3.63, 3.8) is 0 Å². The Bertz CT molecular complexity index is 510. The van der Waals surface area contributed by atoms with Crippen LogP contribution in [0.4, 0.5) is 10.1 Å². The molecule has 4 nitrogen and oxygen atoms in total. The number of anilines is 1. The zero-order chi connectivity index (χ0) is 14.5. The molecule has 1 atom stereocenters. The van der Waals surface area contributed by atoms with Crippen LogP contribution in [0.5, 0.6) is 0 Å². The number of piperidine rings is 1. The van der Waals surface area contributed by atoms with E-state index in [0.717, 1.165) is 38.2 Å². The molecule has 20 heavy (non-hydrogen) atoms. The first-order chi connectivity index (χ1) is 9.60. The van der Waals surface area contributed by atoms with Crippen LogP contribution in [0.25, 0.3) is 0 Å². The number of rotatable bonds is 4. The number of amides is 1. The normalized spacial score (nSPS) is 19.6. The van der Waals surface area contributed by atoms with Gasteiger partial charge in [-0.1, -0.05) is 18.0 Å². The highest BCUT2D eigenvalue weighted by molar-refractivity contribution is 6.33. The van der Waals surface area contributed by atoms with Crippen LogP contribution in [-0.4, -0.2) is 36.2 Å². The number of halogens is 2. The van der Waals surface area contributed by atoms with Crippen molar-refractivity contribution in [2.45, 2.75) is 25.3 Å². The number of carbonyl (C=O) groups excluding carboxylic acids is 2. The largest absolute Gasteiger partial charge is 0.324 e. The Morgan fingerprint density at radius 2 is 2.30 bits per heavy atom. The smallest absolute Gasteiger partial charge is 0.238 e. The molecule has 0 aliphatic carbocycles. The van der Waals surface area contributed by atoms with Crippen LogP contribution < -0.4 is 5.32 Å². The SMILES string of the molecule is O=CC1CCCCN1CC(=O)Nc1ccc(F)cc1Cl. The van der Waals surface area contributed by atoms with Crippen molar-refractivity contribution in [3.05, 3.63) is 29.0 Å². The fourth-order valence-corrected chi connectivity index (χ4v) is 2.55. The zero-order valence-corrected chi connectivity index (χ0v) is 11.7. The van der Waals surface area contributed by atoms with E-state index in [0.29, 0.717) is 5.69 Å². The number of nitrogens with one attached hydrogen (secondary N) is 1. The summed E-state index contributed by atoms with van der Waals surface area (Å²) < 4.78 is 12.9. The molecular formula is C14H16ClFN2O2. The van der Waals surface area contributed by atoms with E-state index in [2.05, 4.69) is 5.32 Å². The lowest BCUT2D eigenvalue weighted by Gasteiger charge is -2.31. The van der Waals surface area contributed by atoms with Crippen molar-refractivity contribution in [3.8, 4) is 0 Å². The maximum Gasteiger partial charge on any atom is 0.238 e.